The van der Waals surface area contributed by atoms with Crippen LogP contribution >= 0.6 is 0 Å². The van der Waals surface area contributed by atoms with Crippen molar-refractivity contribution in [3.63, 3.8) is 0 Å². The number of aldehydes is 1. The molecule has 0 spiro atoms. The molecule has 1 fully saturated rings. The number of hydrogen-bond acceptors (Lipinski definition) is 6. The monoisotopic (exact) mass is 470 g/mol. The molecule has 8 nitrogen and oxygen atoms in total. The molecule has 2 aromatic rings. The molecule has 0 radical (unpaired) electrons. The lowest BCUT2D eigenvalue weighted by molar-refractivity contribution is -0.108. The number of amides is 2. The van der Waals surface area contributed by atoms with E-state index in [2.05, 4.69) is 46.7 Å². The van der Waals surface area contributed by atoms with E-state index in [1.54, 1.807) is 20.1 Å². The number of benzene rings is 1. The van der Waals surface area contributed by atoms with Crippen LogP contribution in [0, 0.1) is 12.8 Å². The minimum Gasteiger partial charge on any atom is -0.384 e. The van der Waals surface area contributed by atoms with Crippen LogP contribution in [0.1, 0.15) is 69.6 Å². The number of ether oxygens (including phenoxy) is 1. The maximum atomic E-state index is 12.9. The molecule has 1 unspecified atom stereocenters. The summed E-state index contributed by atoms with van der Waals surface area (Å²) in [6, 6.07) is 7.83. The smallest absolute Gasteiger partial charge is 0.325 e. The molecule has 2 amide bonds. The Hall–Kier alpha value is -2.87. The molecule has 1 aromatic carbocycles. The van der Waals surface area contributed by atoms with Gasteiger partial charge in [0.2, 0.25) is 0 Å². The fourth-order valence-corrected chi connectivity index (χ4v) is 4.70. The van der Waals surface area contributed by atoms with Crippen LogP contribution in [0.2, 0.25) is 0 Å². The highest BCUT2D eigenvalue weighted by Gasteiger charge is 2.25. The van der Waals surface area contributed by atoms with Gasteiger partial charge in [-0.3, -0.25) is 5.32 Å². The summed E-state index contributed by atoms with van der Waals surface area (Å²) >= 11 is 0. The lowest BCUT2D eigenvalue weighted by atomic mass is 9.92. The van der Waals surface area contributed by atoms with Gasteiger partial charge in [-0.25, -0.2) is 4.79 Å². The van der Waals surface area contributed by atoms with Gasteiger partial charge in [-0.15, -0.1) is 0 Å². The second-order valence-corrected chi connectivity index (χ2v) is 9.57. The number of anilines is 3. The zero-order chi connectivity index (χ0) is 24.5. The average Bonchev–Trinajstić information content (AvgIpc) is 3.22. The van der Waals surface area contributed by atoms with E-state index < -0.39 is 6.03 Å². The Morgan fingerprint density at radius 3 is 2.62 bits per heavy atom. The Morgan fingerprint density at radius 2 is 2.00 bits per heavy atom. The zero-order valence-corrected chi connectivity index (χ0v) is 20.8. The molecule has 2 N–H and O–H groups in total. The Labute approximate surface area is 202 Å². The summed E-state index contributed by atoms with van der Waals surface area (Å²) in [6.45, 7) is 7.54. The van der Waals surface area contributed by atoms with Gasteiger partial charge >= 0.3 is 6.03 Å². The molecule has 186 valence electrons. The molecule has 1 atom stereocenters. The SMILES string of the molecule is COCC(CC=O)c1ccc(N(CC(C)C)C2CCCCC2)c(NC(=O)Nc2cc(C)on2)c1. The van der Waals surface area contributed by atoms with Gasteiger partial charge in [-0.05, 0) is 43.4 Å². The molecule has 1 heterocycles. The van der Waals surface area contributed by atoms with Crippen molar-refractivity contribution in [2.45, 2.75) is 71.3 Å². The molecule has 3 rings (SSSR count). The fourth-order valence-electron chi connectivity index (χ4n) is 4.70. The van der Waals surface area contributed by atoms with Crippen molar-refractivity contribution in [1.29, 1.82) is 0 Å². The van der Waals surface area contributed by atoms with Crippen LogP contribution in [0.5, 0.6) is 0 Å². The van der Waals surface area contributed by atoms with E-state index in [-0.39, 0.29) is 5.92 Å². The van der Waals surface area contributed by atoms with Gasteiger partial charge in [0.1, 0.15) is 12.0 Å². The first kappa shape index (κ1) is 25.7. The van der Waals surface area contributed by atoms with Crippen LogP contribution in [0.25, 0.3) is 0 Å². The van der Waals surface area contributed by atoms with Crippen LogP contribution in [0.4, 0.5) is 22.0 Å². The van der Waals surface area contributed by atoms with Crippen molar-refractivity contribution in [3.8, 4) is 0 Å². The van der Waals surface area contributed by atoms with E-state index in [1.807, 2.05) is 6.07 Å². The predicted octanol–water partition coefficient (Wildman–Crippen LogP) is 5.74. The number of aromatic nitrogens is 1. The molecule has 1 aliphatic rings. The quantitative estimate of drug-likeness (QED) is 0.407. The van der Waals surface area contributed by atoms with E-state index in [1.165, 1.54) is 19.3 Å². The van der Waals surface area contributed by atoms with Crippen molar-refractivity contribution < 1.29 is 18.8 Å². The van der Waals surface area contributed by atoms with Gasteiger partial charge < -0.3 is 24.3 Å². The molecule has 0 saturated heterocycles. The lowest BCUT2D eigenvalue weighted by Crippen LogP contribution is -2.40. The van der Waals surface area contributed by atoms with Crippen LogP contribution in [-0.2, 0) is 9.53 Å². The Bertz CT molecular complexity index is 937. The molecule has 34 heavy (non-hydrogen) atoms. The third-order valence-corrected chi connectivity index (χ3v) is 6.25. The van der Waals surface area contributed by atoms with Crippen LogP contribution in [-0.4, -0.2) is 43.8 Å². The van der Waals surface area contributed by atoms with Crippen LogP contribution in [0.3, 0.4) is 0 Å². The number of nitrogens with one attached hydrogen (secondary N) is 2. The third kappa shape index (κ3) is 7.06. The summed E-state index contributed by atoms with van der Waals surface area (Å²) in [5, 5.41) is 9.63. The average molecular weight is 471 g/mol. The van der Waals surface area contributed by atoms with Gasteiger partial charge in [0.15, 0.2) is 5.82 Å². The maximum Gasteiger partial charge on any atom is 0.325 e. The van der Waals surface area contributed by atoms with Crippen molar-refractivity contribution in [2.75, 3.05) is 35.8 Å². The molecule has 1 saturated carbocycles. The number of rotatable bonds is 11. The fraction of sp³-hybridized carbons (Fsp3) is 0.577. The minimum absolute atomic E-state index is 0.0772. The summed E-state index contributed by atoms with van der Waals surface area (Å²) < 4.78 is 10.4. The molecule has 8 heteroatoms. The number of nitrogens with zero attached hydrogens (tertiary/aromatic N) is 2. The van der Waals surface area contributed by atoms with E-state index in [9.17, 15) is 9.59 Å². The number of methoxy groups -OCH3 is 1. The zero-order valence-electron chi connectivity index (χ0n) is 20.8. The molecule has 0 aliphatic heterocycles. The molecular formula is C26H38N4O4. The first-order valence-electron chi connectivity index (χ1n) is 12.3. The van der Waals surface area contributed by atoms with Gasteiger partial charge in [-0.2, -0.15) is 0 Å². The first-order chi connectivity index (χ1) is 16.4. The molecule has 1 aromatic heterocycles. The summed E-state index contributed by atoms with van der Waals surface area (Å²) in [6.07, 6.45) is 7.29. The highest BCUT2D eigenvalue weighted by Crippen LogP contribution is 2.36. The van der Waals surface area contributed by atoms with Crippen molar-refractivity contribution in [3.05, 3.63) is 35.6 Å². The number of carbonyl (C=O) groups is 2. The van der Waals surface area contributed by atoms with E-state index >= 15 is 0 Å². The second-order valence-electron chi connectivity index (χ2n) is 9.57. The Morgan fingerprint density at radius 1 is 1.24 bits per heavy atom. The van der Waals surface area contributed by atoms with Crippen molar-refractivity contribution in [2.24, 2.45) is 5.92 Å². The normalized spacial score (nSPS) is 15.2. The van der Waals surface area contributed by atoms with E-state index in [0.29, 0.717) is 42.3 Å². The van der Waals surface area contributed by atoms with Gasteiger partial charge in [0.05, 0.1) is 18.0 Å². The Kier molecular flexibility index (Phi) is 9.51. The summed E-state index contributed by atoms with van der Waals surface area (Å²) in [5.41, 5.74) is 2.67. The first-order valence-corrected chi connectivity index (χ1v) is 12.3. The van der Waals surface area contributed by atoms with E-state index in [0.717, 1.165) is 36.9 Å². The number of aryl methyl sites for hydroxylation is 1. The maximum absolute atomic E-state index is 12.9. The molecule has 1 aliphatic carbocycles. The van der Waals surface area contributed by atoms with Gasteiger partial charge in [0.25, 0.3) is 0 Å². The second kappa shape index (κ2) is 12.6. The topological polar surface area (TPSA) is 96.7 Å². The standard InChI is InChI=1S/C26H38N4O4/c1-18(2)16-30(22-8-6-5-7-9-22)24-11-10-20(21(12-13-31)17-33-4)15-23(24)27-26(32)28-25-14-19(3)34-29-25/h10-11,13-15,18,21-22H,5-9,12,16-17H2,1-4H3,(H2,27,28,29,32). The highest BCUT2D eigenvalue weighted by molar-refractivity contribution is 6.01. The summed E-state index contributed by atoms with van der Waals surface area (Å²) in [5.74, 6) is 1.37. The lowest BCUT2D eigenvalue weighted by Gasteiger charge is -2.38. The number of carbonyl (C=O) groups excluding carboxylic acids is 2. The number of hydrogen-bond donors (Lipinski definition) is 2. The largest absolute Gasteiger partial charge is 0.384 e. The minimum atomic E-state index is -0.390. The molecule has 0 bridgehead atoms. The highest BCUT2D eigenvalue weighted by atomic mass is 16.5. The predicted molar refractivity (Wildman–Crippen MR) is 135 cm³/mol. The number of urea groups is 1. The molecular weight excluding hydrogens is 432 g/mol. The van der Waals surface area contributed by atoms with E-state index in [4.69, 9.17) is 9.26 Å². The van der Waals surface area contributed by atoms with Crippen molar-refractivity contribution >= 4 is 29.5 Å². The Balaban J connectivity index is 1.96. The van der Waals surface area contributed by atoms with Gasteiger partial charge in [-0.1, -0.05) is 44.3 Å². The van der Waals surface area contributed by atoms with Crippen molar-refractivity contribution in [1.82, 2.24) is 5.16 Å². The summed E-state index contributed by atoms with van der Waals surface area (Å²) in [4.78, 5) is 26.6. The van der Waals surface area contributed by atoms with Crippen LogP contribution in [0.15, 0.2) is 28.8 Å². The van der Waals surface area contributed by atoms with Crippen LogP contribution < -0.4 is 15.5 Å². The summed E-state index contributed by atoms with van der Waals surface area (Å²) in [7, 11) is 1.63. The van der Waals surface area contributed by atoms with Gasteiger partial charge in [0, 0.05) is 38.1 Å². The third-order valence-electron chi connectivity index (χ3n) is 6.25.